The maximum atomic E-state index is 13.5. The number of rotatable bonds is 3. The molecule has 2 aromatic rings. The van der Waals surface area contributed by atoms with Crippen molar-refractivity contribution in [1.29, 1.82) is 0 Å². The number of phenolic OH excluding ortho intramolecular Hbond substituents is 3. The van der Waals surface area contributed by atoms with Crippen LogP contribution in [0.4, 0.5) is 0 Å². The SMILES string of the molecule is Cc1c(C(=O)O)c(O)cc2c1C(=O)c1c(O)c(C3O[C@H](CO)C([C]#[Ho])[C@H](O)[C@H]3O)c(O)c(O)c1C2=O. The van der Waals surface area contributed by atoms with E-state index >= 15 is 0 Å². The van der Waals surface area contributed by atoms with Crippen LogP contribution in [0.25, 0.3) is 0 Å². The van der Waals surface area contributed by atoms with Gasteiger partial charge in [0.15, 0.2) is 0 Å². The second-order valence-corrected chi connectivity index (χ2v) is 8.92. The molecule has 2 unspecified atom stereocenters. The predicted molar refractivity (Wildman–Crippen MR) is 112 cm³/mol. The van der Waals surface area contributed by atoms with Gasteiger partial charge in [0.1, 0.15) is 5.75 Å². The van der Waals surface area contributed by atoms with Crippen LogP contribution in [-0.4, -0.2) is 83.3 Å². The fourth-order valence-electron chi connectivity index (χ4n) is 4.71. The summed E-state index contributed by atoms with van der Waals surface area (Å²) in [4.78, 5) is 38.2. The van der Waals surface area contributed by atoms with Crippen LogP contribution < -0.4 is 0 Å². The van der Waals surface area contributed by atoms with Gasteiger partial charge in [0.25, 0.3) is 0 Å². The first-order valence-electron chi connectivity index (χ1n) is 10.3. The van der Waals surface area contributed by atoms with Crippen molar-refractivity contribution in [2.24, 2.45) is 5.92 Å². The van der Waals surface area contributed by atoms with Crippen LogP contribution in [0.5, 0.6) is 23.0 Å². The first kappa shape index (κ1) is 26.4. The number of hydrogen-bond donors (Lipinski definition) is 8. The molecule has 5 atom stereocenters. The molecule has 0 spiro atoms. The number of benzene rings is 2. The van der Waals surface area contributed by atoms with Gasteiger partial charge in [0.2, 0.25) is 0 Å². The molecule has 0 saturated carbocycles. The quantitative estimate of drug-likeness (QED) is 0.103. The zero-order valence-electron chi connectivity index (χ0n) is 18.2. The number of phenols is 4. The van der Waals surface area contributed by atoms with Crippen LogP contribution in [0, 0.1) is 49.8 Å². The van der Waals surface area contributed by atoms with Crippen molar-refractivity contribution in [3.8, 4) is 24.9 Å². The zero-order valence-corrected chi connectivity index (χ0v) is 20.1. The summed E-state index contributed by atoms with van der Waals surface area (Å²) >= 11 is 1.86. The molecule has 0 bridgehead atoms. The van der Waals surface area contributed by atoms with E-state index in [1.54, 1.807) is 0 Å². The number of hydrogen-bond acceptors (Lipinski definition) is 11. The molecule has 1 aliphatic carbocycles. The Hall–Kier alpha value is -2.67. The Morgan fingerprint density at radius 3 is 2.17 bits per heavy atom. The Kier molecular flexibility index (Phi) is 6.84. The molecule has 1 saturated heterocycles. The van der Waals surface area contributed by atoms with Crippen molar-refractivity contribution < 1.29 is 95.0 Å². The van der Waals surface area contributed by atoms with E-state index in [1.165, 1.54) is 6.92 Å². The van der Waals surface area contributed by atoms with E-state index in [2.05, 4.69) is 1.87 Å². The van der Waals surface area contributed by atoms with Gasteiger partial charge >= 0.3 is 206 Å². The summed E-state index contributed by atoms with van der Waals surface area (Å²) in [6.07, 6.45) is -6.39. The van der Waals surface area contributed by atoms with Gasteiger partial charge in [-0.15, -0.1) is 0 Å². The van der Waals surface area contributed by atoms with Gasteiger partial charge in [0, 0.05) is 0 Å². The fourth-order valence-corrected chi connectivity index (χ4v) is 5.40. The third-order valence-corrected chi connectivity index (χ3v) is 7.11. The van der Waals surface area contributed by atoms with Crippen LogP contribution in [0.3, 0.4) is 0 Å². The molecule has 4 rings (SSSR count). The Morgan fingerprint density at radius 1 is 1.00 bits per heavy atom. The van der Waals surface area contributed by atoms with Crippen LogP contribution in [0.1, 0.15) is 59.4 Å². The van der Waals surface area contributed by atoms with Crippen molar-refractivity contribution in [3.05, 3.63) is 45.0 Å². The number of aliphatic hydroxyl groups is 3. The fraction of sp³-hybridized carbons (Fsp3) is 0.304. The van der Waals surface area contributed by atoms with Crippen LogP contribution in [-0.2, 0) is 4.74 Å². The average Bonchev–Trinajstić information content (AvgIpc) is 2.81. The molecule has 0 radical (unpaired) electrons. The molecule has 36 heavy (non-hydrogen) atoms. The van der Waals surface area contributed by atoms with Crippen molar-refractivity contribution in [3.63, 3.8) is 0 Å². The normalized spacial score (nSPS) is 25.2. The summed E-state index contributed by atoms with van der Waals surface area (Å²) in [6, 6.07) is 0.739. The Labute approximate surface area is 225 Å². The first-order valence-corrected chi connectivity index (χ1v) is 11.3. The third-order valence-electron chi connectivity index (χ3n) is 6.47. The minimum atomic E-state index is -1.84. The van der Waals surface area contributed by atoms with E-state index < -0.39 is 111 Å². The Morgan fingerprint density at radius 2 is 1.61 bits per heavy atom. The number of carboxylic acid groups (broad SMARTS) is 1. The monoisotopic (exact) mass is 652 g/mol. The minimum absolute atomic E-state index is 0.282. The molecule has 8 N–H and O–H groups in total. The van der Waals surface area contributed by atoms with E-state index in [0.717, 1.165) is 6.07 Å². The zero-order chi connectivity index (χ0) is 26.8. The van der Waals surface area contributed by atoms with E-state index in [4.69, 9.17) is 4.74 Å². The van der Waals surface area contributed by atoms with E-state index in [1.807, 2.05) is 35.0 Å². The van der Waals surface area contributed by atoms with E-state index in [9.17, 15) is 55.2 Å². The van der Waals surface area contributed by atoms with Gasteiger partial charge in [0.05, 0.1) is 0 Å². The van der Waals surface area contributed by atoms with Crippen LogP contribution >= 0.6 is 0 Å². The average molecular weight is 652 g/mol. The molecule has 2 aromatic carbocycles. The molecule has 2 aliphatic rings. The van der Waals surface area contributed by atoms with Crippen LogP contribution in [0.15, 0.2) is 6.07 Å². The molecular formula is C23H19HoO12. The number of aromatic hydroxyl groups is 4. The summed E-state index contributed by atoms with van der Waals surface area (Å²) in [5.74, 6) is -8.95. The number of carboxylic acids is 1. The topological polar surface area (TPSA) is 222 Å². The number of ether oxygens (including phenoxy) is 1. The molecular weight excluding hydrogens is 633 g/mol. The van der Waals surface area contributed by atoms with Crippen molar-refractivity contribution in [2.75, 3.05) is 6.61 Å². The van der Waals surface area contributed by atoms with Crippen molar-refractivity contribution >= 4 is 17.5 Å². The number of aromatic carboxylic acids is 1. The Bertz CT molecular complexity index is 1390. The van der Waals surface area contributed by atoms with Crippen LogP contribution in [0.2, 0.25) is 0 Å². The van der Waals surface area contributed by atoms with Gasteiger partial charge in [-0.05, 0) is 0 Å². The predicted octanol–water partition coefficient (Wildman–Crippen LogP) is -0.430. The maximum absolute atomic E-state index is 13.5. The molecule has 13 heteroatoms. The molecule has 12 nitrogen and oxygen atoms in total. The standard InChI is InChI=1S/C23H19O12.Ho/c1-5-9(4-24)35-22(21(32)15(5)26)14-18(29)13-12(19(30)20(14)31)16(27)7-3-8(25)11(23(33)34)6(2)10(7)17(13)28;/h3,5,9,15,21-22,24-26,29-32H,4H2,2H3,(H,33,34);/t5?,9-,15+,21-,22?;/m1./s1. The van der Waals surface area contributed by atoms with Gasteiger partial charge in [-0.3, -0.25) is 0 Å². The summed E-state index contributed by atoms with van der Waals surface area (Å²) < 4.78 is 8.17. The first-order chi connectivity index (χ1) is 16.9. The van der Waals surface area contributed by atoms with Gasteiger partial charge in [-0.25, -0.2) is 4.79 Å². The Balaban J connectivity index is 1.98. The summed E-state index contributed by atoms with van der Waals surface area (Å²) in [7, 11) is 0. The number of fused-ring (bicyclic) bond motifs is 2. The summed E-state index contributed by atoms with van der Waals surface area (Å²) in [5.41, 5.74) is -4.21. The van der Waals surface area contributed by atoms with Gasteiger partial charge in [-0.2, -0.15) is 0 Å². The molecule has 194 valence electrons. The summed E-state index contributed by atoms with van der Waals surface area (Å²) in [5, 5.41) is 82.8. The van der Waals surface area contributed by atoms with Crippen molar-refractivity contribution in [1.82, 2.24) is 0 Å². The molecule has 1 heterocycles. The number of carbonyl (C=O) groups excluding carboxylic acids is 2. The molecule has 1 fully saturated rings. The second-order valence-electron chi connectivity index (χ2n) is 8.36. The number of carbonyl (C=O) groups is 3. The van der Waals surface area contributed by atoms with Crippen molar-refractivity contribution in [2.45, 2.75) is 31.3 Å². The summed E-state index contributed by atoms with van der Waals surface area (Å²) in [6.45, 7) is 0.504. The number of aliphatic hydroxyl groups excluding tert-OH is 3. The van der Waals surface area contributed by atoms with Gasteiger partial charge in [-0.1, -0.05) is 0 Å². The third kappa shape index (κ3) is 3.61. The van der Waals surface area contributed by atoms with Gasteiger partial charge < -0.3 is 10.2 Å². The molecule has 1 aliphatic heterocycles. The second kappa shape index (κ2) is 9.33. The molecule has 0 aromatic heterocycles. The number of ketones is 2. The molecule has 0 amide bonds. The van der Waals surface area contributed by atoms with E-state index in [0.29, 0.717) is 0 Å². The van der Waals surface area contributed by atoms with E-state index in [-0.39, 0.29) is 5.56 Å².